The topological polar surface area (TPSA) is 12.4 Å². The molecular weight excluding hydrogens is 162 g/mol. The smallest absolute Gasteiger partial charge is 0.0589 e. The van der Waals surface area contributed by atoms with Gasteiger partial charge >= 0.3 is 0 Å². The molecule has 0 bridgehead atoms. The van der Waals surface area contributed by atoms with Crippen LogP contribution in [-0.2, 0) is 0 Å². The van der Waals surface area contributed by atoms with Crippen molar-refractivity contribution in [2.75, 3.05) is 11.9 Å². The number of halogens is 1. The molecule has 0 N–H and O–H groups in total. The van der Waals surface area contributed by atoms with Gasteiger partial charge in [0.2, 0.25) is 0 Å². The molecule has 0 aromatic carbocycles. The predicted molar refractivity (Wildman–Crippen MR) is 33.7 cm³/mol. The minimum Gasteiger partial charge on any atom is -0.232 e. The van der Waals surface area contributed by atoms with Gasteiger partial charge in [-0.05, 0) is 12.2 Å². The quantitative estimate of drug-likeness (QED) is 0.344. The Labute approximate surface area is 50.6 Å². The van der Waals surface area contributed by atoms with Gasteiger partial charge < -0.3 is 0 Å². The third kappa shape index (κ3) is 4.28. The van der Waals surface area contributed by atoms with Gasteiger partial charge in [0.25, 0.3) is 0 Å². The third-order valence-corrected chi connectivity index (χ3v) is 0.745. The lowest BCUT2D eigenvalue weighted by Crippen LogP contribution is -1.73. The maximum Gasteiger partial charge on any atom is 0.0589 e. The Morgan fingerprint density at radius 1 is 1.83 bits per heavy atom. The molecule has 0 aliphatic carbocycles. The van der Waals surface area contributed by atoms with E-state index in [0.29, 0.717) is 0 Å². The van der Waals surface area contributed by atoms with Crippen molar-refractivity contribution in [2.45, 2.75) is 0 Å². The third-order valence-electron chi connectivity index (χ3n) is 0.261. The standard InChI is InChI=1S/C3H4BrNS/c4-1-2-5-3-6/h1-2H2. The number of isothiocyanates is 1. The zero-order valence-electron chi connectivity index (χ0n) is 3.15. The number of thiocarbonyl (C=S) groups is 1. The van der Waals surface area contributed by atoms with Crippen LogP contribution in [0, 0.1) is 0 Å². The molecule has 6 heavy (non-hydrogen) atoms. The summed E-state index contributed by atoms with van der Waals surface area (Å²) >= 11 is 7.45. The number of hydrogen-bond acceptors (Lipinski definition) is 2. The number of nitrogens with zero attached hydrogens (tertiary/aromatic N) is 1. The highest BCUT2D eigenvalue weighted by Crippen LogP contribution is 1.76. The fourth-order valence-electron chi connectivity index (χ4n) is 0.0879. The van der Waals surface area contributed by atoms with Crippen LogP contribution in [0.25, 0.3) is 0 Å². The summed E-state index contributed by atoms with van der Waals surface area (Å²) in [5.74, 6) is 0. The van der Waals surface area contributed by atoms with Crippen LogP contribution in [0.3, 0.4) is 0 Å². The molecule has 34 valence electrons. The molecule has 0 fully saturated rings. The summed E-state index contributed by atoms with van der Waals surface area (Å²) in [5.41, 5.74) is 0. The molecule has 3 heteroatoms. The molecule has 0 rings (SSSR count). The number of alkyl halides is 1. The zero-order valence-corrected chi connectivity index (χ0v) is 5.55. The van der Waals surface area contributed by atoms with Gasteiger partial charge in [0.1, 0.15) is 0 Å². The second-order valence-electron chi connectivity index (χ2n) is 0.662. The van der Waals surface area contributed by atoms with Gasteiger partial charge in [-0.25, -0.2) is 4.99 Å². The first kappa shape index (κ1) is 6.28. The van der Waals surface area contributed by atoms with E-state index in [9.17, 15) is 0 Å². The zero-order chi connectivity index (χ0) is 4.83. The van der Waals surface area contributed by atoms with Gasteiger partial charge in [-0.2, -0.15) is 0 Å². The highest BCUT2D eigenvalue weighted by molar-refractivity contribution is 9.09. The summed E-state index contributed by atoms with van der Waals surface area (Å²) in [4.78, 5) is 3.61. The second kappa shape index (κ2) is 5.28. The number of aliphatic imine (C=N–C) groups is 1. The van der Waals surface area contributed by atoms with Crippen molar-refractivity contribution < 1.29 is 0 Å². The van der Waals surface area contributed by atoms with E-state index in [1.807, 2.05) is 0 Å². The van der Waals surface area contributed by atoms with Crippen LogP contribution in [0.2, 0.25) is 0 Å². The van der Waals surface area contributed by atoms with Crippen LogP contribution < -0.4 is 0 Å². The van der Waals surface area contributed by atoms with E-state index < -0.39 is 0 Å². The fourth-order valence-corrected chi connectivity index (χ4v) is 0.357. The second-order valence-corrected chi connectivity index (χ2v) is 1.64. The average Bonchev–Trinajstić information content (AvgIpc) is 1.61. The van der Waals surface area contributed by atoms with Gasteiger partial charge in [0, 0.05) is 5.33 Å². The molecule has 0 aliphatic rings. The summed E-state index contributed by atoms with van der Waals surface area (Å²) < 4.78 is 0. The SMILES string of the molecule is S=C=NCCBr. The fraction of sp³-hybridized carbons (Fsp3) is 0.667. The Hall–Kier alpha value is 0.280. The lowest BCUT2D eigenvalue weighted by molar-refractivity contribution is 1.17. The number of hydrogen-bond donors (Lipinski definition) is 0. The largest absolute Gasteiger partial charge is 0.232 e. The van der Waals surface area contributed by atoms with Crippen LogP contribution in [0.5, 0.6) is 0 Å². The van der Waals surface area contributed by atoms with E-state index in [1.165, 1.54) is 0 Å². The molecule has 0 radical (unpaired) electrons. The molecule has 0 aromatic rings. The number of rotatable bonds is 2. The van der Waals surface area contributed by atoms with E-state index in [2.05, 4.69) is 38.3 Å². The summed E-state index contributed by atoms with van der Waals surface area (Å²) in [5, 5.41) is 3.12. The first-order chi connectivity index (χ1) is 2.91. The summed E-state index contributed by atoms with van der Waals surface area (Å²) in [6, 6.07) is 0. The van der Waals surface area contributed by atoms with Gasteiger partial charge in [-0.15, -0.1) is 0 Å². The predicted octanol–water partition coefficient (Wildman–Crippen LogP) is 1.48. The van der Waals surface area contributed by atoms with E-state index in [0.717, 1.165) is 11.9 Å². The van der Waals surface area contributed by atoms with E-state index in [4.69, 9.17) is 0 Å². The molecule has 0 unspecified atom stereocenters. The van der Waals surface area contributed by atoms with E-state index in [1.54, 1.807) is 0 Å². The first-order valence-electron chi connectivity index (χ1n) is 1.51. The Morgan fingerprint density at radius 3 is 2.67 bits per heavy atom. The minimum absolute atomic E-state index is 0.740. The van der Waals surface area contributed by atoms with Crippen LogP contribution in [0.1, 0.15) is 0 Å². The lowest BCUT2D eigenvalue weighted by Gasteiger charge is -1.71. The minimum atomic E-state index is 0.740. The van der Waals surface area contributed by atoms with Crippen molar-refractivity contribution in [3.63, 3.8) is 0 Å². The van der Waals surface area contributed by atoms with E-state index in [-0.39, 0.29) is 0 Å². The van der Waals surface area contributed by atoms with Crippen LogP contribution in [0.4, 0.5) is 0 Å². The molecule has 0 amide bonds. The molecule has 0 aliphatic heterocycles. The summed E-state index contributed by atoms with van der Waals surface area (Å²) in [6.45, 7) is 0.740. The van der Waals surface area contributed by atoms with Crippen molar-refractivity contribution in [3.8, 4) is 0 Å². The van der Waals surface area contributed by atoms with Crippen molar-refractivity contribution >= 4 is 33.3 Å². The Kier molecular flexibility index (Phi) is 5.53. The summed E-state index contributed by atoms with van der Waals surface area (Å²) in [6.07, 6.45) is 0. The molecule has 0 saturated carbocycles. The van der Waals surface area contributed by atoms with Gasteiger partial charge in [0.15, 0.2) is 0 Å². The molecule has 0 heterocycles. The molecule has 1 nitrogen and oxygen atoms in total. The maximum absolute atomic E-state index is 4.28. The Morgan fingerprint density at radius 2 is 2.50 bits per heavy atom. The van der Waals surface area contributed by atoms with Crippen molar-refractivity contribution in [1.82, 2.24) is 0 Å². The van der Waals surface area contributed by atoms with Crippen LogP contribution in [-0.4, -0.2) is 17.0 Å². The van der Waals surface area contributed by atoms with Crippen LogP contribution >= 0.6 is 28.1 Å². The molecular formula is C3H4BrNS. The average molecular weight is 166 g/mol. The highest BCUT2D eigenvalue weighted by Gasteiger charge is 1.66. The van der Waals surface area contributed by atoms with Gasteiger partial charge in [-0.3, -0.25) is 0 Å². The molecule has 0 aromatic heterocycles. The molecule has 0 spiro atoms. The lowest BCUT2D eigenvalue weighted by atomic mass is 10.8. The monoisotopic (exact) mass is 165 g/mol. The maximum atomic E-state index is 4.28. The summed E-state index contributed by atoms with van der Waals surface area (Å²) in [7, 11) is 0. The highest BCUT2D eigenvalue weighted by atomic mass is 79.9. The van der Waals surface area contributed by atoms with Crippen LogP contribution in [0.15, 0.2) is 4.99 Å². The van der Waals surface area contributed by atoms with Crippen molar-refractivity contribution in [1.29, 1.82) is 0 Å². The first-order valence-corrected chi connectivity index (χ1v) is 3.04. The van der Waals surface area contributed by atoms with Gasteiger partial charge in [-0.1, -0.05) is 15.9 Å². The van der Waals surface area contributed by atoms with Crippen molar-refractivity contribution in [3.05, 3.63) is 0 Å². The Balaban J connectivity index is 2.86. The van der Waals surface area contributed by atoms with Gasteiger partial charge in [0.05, 0.1) is 11.7 Å². The molecule has 0 saturated heterocycles. The normalized spacial score (nSPS) is 6.83. The van der Waals surface area contributed by atoms with Crippen molar-refractivity contribution in [2.24, 2.45) is 4.99 Å². The Bertz CT molecular complexity index is 67.2. The van der Waals surface area contributed by atoms with E-state index >= 15 is 0 Å². The molecule has 0 atom stereocenters.